The third kappa shape index (κ3) is 3.44. The summed E-state index contributed by atoms with van der Waals surface area (Å²) >= 11 is 0. The Morgan fingerprint density at radius 1 is 0.971 bits per heavy atom. The van der Waals surface area contributed by atoms with E-state index in [2.05, 4.69) is 54.3 Å². The van der Waals surface area contributed by atoms with Gasteiger partial charge in [0.05, 0.1) is 29.0 Å². The van der Waals surface area contributed by atoms with Gasteiger partial charge in [-0.2, -0.15) is 0 Å². The molecular weight excluding hydrogens is 444 g/mol. The summed E-state index contributed by atoms with van der Waals surface area (Å²) in [6, 6.07) is 1.74. The Labute approximate surface area is 202 Å². The van der Waals surface area contributed by atoms with Crippen molar-refractivity contribution in [1.29, 1.82) is 0 Å². The third-order valence-electron chi connectivity index (χ3n) is 7.22. The van der Waals surface area contributed by atoms with Crippen molar-refractivity contribution in [3.8, 4) is 11.4 Å². The Kier molecular flexibility index (Phi) is 5.85. The van der Waals surface area contributed by atoms with Gasteiger partial charge >= 0.3 is 5.97 Å². The average Bonchev–Trinajstić information content (AvgIpc) is 3.13. The van der Waals surface area contributed by atoms with Gasteiger partial charge in [-0.3, -0.25) is 4.79 Å². The number of hydrogen-bond acceptors (Lipinski definition) is 5. The Bertz CT molecular complexity index is 1430. The van der Waals surface area contributed by atoms with Gasteiger partial charge in [-0.05, 0) is 75.4 Å². The molecule has 0 amide bonds. The molecule has 2 aliphatic rings. The van der Waals surface area contributed by atoms with Crippen LogP contribution in [0.2, 0.25) is 19.6 Å². The van der Waals surface area contributed by atoms with Crippen LogP contribution in [0.5, 0.6) is 0 Å². The van der Waals surface area contributed by atoms with Crippen molar-refractivity contribution in [2.24, 2.45) is 0 Å². The van der Waals surface area contributed by atoms with Gasteiger partial charge in [0.2, 0.25) is 0 Å². The standard InChI is InChI=1S/C24H24N2O4.C3H9Si/c1-10-11(2)13(4)20-19(12(10)3)14(5)15-8-26-18(21(15)25-20)7-17-16(22(26)27)9-30-23(28)24(17,6)29;1-4(2)3/h7,29H,8-9H2,1-6H3;1-3H3. The van der Waals surface area contributed by atoms with Gasteiger partial charge in [-0.15, -0.1) is 0 Å². The van der Waals surface area contributed by atoms with E-state index < -0.39 is 11.6 Å². The van der Waals surface area contributed by atoms with E-state index in [0.29, 0.717) is 23.4 Å². The summed E-state index contributed by atoms with van der Waals surface area (Å²) in [6.07, 6.45) is 0. The first-order valence-corrected chi connectivity index (χ1v) is 14.6. The topological polar surface area (TPSA) is 81.4 Å². The molecule has 0 bridgehead atoms. The van der Waals surface area contributed by atoms with Crippen LogP contribution >= 0.6 is 0 Å². The number of hydrogen-bond donors (Lipinski definition) is 1. The summed E-state index contributed by atoms with van der Waals surface area (Å²) in [4.78, 5) is 30.4. The molecule has 0 saturated heterocycles. The second kappa shape index (κ2) is 8.17. The molecule has 1 N–H and O–H groups in total. The smallest absolute Gasteiger partial charge is 0.342 e. The molecule has 1 unspecified atom stereocenters. The van der Waals surface area contributed by atoms with Crippen molar-refractivity contribution in [3.63, 3.8) is 0 Å². The molecule has 3 aromatic rings. The number of pyridine rings is 2. The number of esters is 1. The number of fused-ring (bicyclic) bond motifs is 5. The molecule has 0 aliphatic carbocycles. The predicted molar refractivity (Wildman–Crippen MR) is 137 cm³/mol. The number of benzene rings is 1. The van der Waals surface area contributed by atoms with Gasteiger partial charge in [0.1, 0.15) is 6.61 Å². The van der Waals surface area contributed by atoms with E-state index in [-0.39, 0.29) is 21.0 Å². The minimum absolute atomic E-state index is 0.120. The van der Waals surface area contributed by atoms with Gasteiger partial charge in [-0.25, -0.2) is 9.78 Å². The second-order valence-electron chi connectivity index (χ2n) is 10.2. The number of aromatic nitrogens is 2. The van der Waals surface area contributed by atoms with E-state index in [0.717, 1.165) is 33.3 Å². The van der Waals surface area contributed by atoms with Crippen LogP contribution < -0.4 is 5.56 Å². The molecule has 2 aromatic heterocycles. The van der Waals surface area contributed by atoms with Gasteiger partial charge in [-0.1, -0.05) is 19.6 Å². The van der Waals surface area contributed by atoms with Crippen LogP contribution in [0.3, 0.4) is 0 Å². The van der Waals surface area contributed by atoms with Gasteiger partial charge < -0.3 is 14.4 Å². The minimum atomic E-state index is -1.85. The minimum Gasteiger partial charge on any atom is -0.458 e. The molecular formula is C27H33N2O4Si. The zero-order valence-corrected chi connectivity index (χ0v) is 22.6. The first kappa shape index (κ1) is 24.4. The van der Waals surface area contributed by atoms with Crippen molar-refractivity contribution in [3.05, 3.63) is 60.9 Å². The fourth-order valence-corrected chi connectivity index (χ4v) is 4.97. The van der Waals surface area contributed by atoms with E-state index in [9.17, 15) is 14.7 Å². The Balaban J connectivity index is 0.000000636. The molecule has 2 aliphatic heterocycles. The lowest BCUT2D eigenvalue weighted by molar-refractivity contribution is -0.169. The Morgan fingerprint density at radius 2 is 1.56 bits per heavy atom. The maximum atomic E-state index is 13.2. The number of carbonyl (C=O) groups is 1. The highest BCUT2D eigenvalue weighted by Crippen LogP contribution is 2.41. The molecule has 4 heterocycles. The van der Waals surface area contributed by atoms with Crippen LogP contribution in [0.15, 0.2) is 10.9 Å². The summed E-state index contributed by atoms with van der Waals surface area (Å²) < 4.78 is 6.75. The normalized spacial score (nSPS) is 18.3. The van der Waals surface area contributed by atoms with Crippen LogP contribution in [-0.4, -0.2) is 29.4 Å². The SMILES string of the molecule is C[Si](C)C.Cc1c(C)c(C)c2c(C)c3c(nc2c1C)-c1cc2c(c(=O)n1C3)COC(=O)C2(C)O. The van der Waals surface area contributed by atoms with E-state index in [1.807, 2.05) is 0 Å². The number of carbonyl (C=O) groups excluding carboxylic acids is 1. The maximum absolute atomic E-state index is 13.2. The molecule has 6 nitrogen and oxygen atoms in total. The number of cyclic esters (lactones) is 1. The molecule has 7 heteroatoms. The molecule has 34 heavy (non-hydrogen) atoms. The first-order chi connectivity index (χ1) is 15.8. The first-order valence-electron chi connectivity index (χ1n) is 11.6. The lowest BCUT2D eigenvalue weighted by Crippen LogP contribution is -2.42. The molecule has 0 saturated carbocycles. The summed E-state index contributed by atoms with van der Waals surface area (Å²) in [7, 11) is 0.120. The van der Waals surface area contributed by atoms with Crippen molar-refractivity contribution >= 4 is 25.7 Å². The fraction of sp³-hybridized carbons (Fsp3) is 0.444. The molecule has 1 aromatic carbocycles. The lowest BCUT2D eigenvalue weighted by Gasteiger charge is -2.29. The van der Waals surface area contributed by atoms with Gasteiger partial charge in [0, 0.05) is 25.3 Å². The summed E-state index contributed by atoms with van der Waals surface area (Å²) in [6.45, 7) is 19.0. The van der Waals surface area contributed by atoms with Crippen molar-refractivity contribution in [2.75, 3.05) is 0 Å². The largest absolute Gasteiger partial charge is 0.458 e. The Morgan fingerprint density at radius 3 is 2.18 bits per heavy atom. The summed E-state index contributed by atoms with van der Waals surface area (Å²) in [5.41, 5.74) is 7.86. The predicted octanol–water partition coefficient (Wildman–Crippen LogP) is 4.60. The van der Waals surface area contributed by atoms with Crippen molar-refractivity contribution in [2.45, 2.75) is 79.9 Å². The maximum Gasteiger partial charge on any atom is 0.342 e. The molecule has 179 valence electrons. The monoisotopic (exact) mass is 477 g/mol. The van der Waals surface area contributed by atoms with Crippen LogP contribution in [-0.2, 0) is 28.3 Å². The second-order valence-corrected chi connectivity index (χ2v) is 13.2. The van der Waals surface area contributed by atoms with Crippen LogP contribution in [0.25, 0.3) is 22.3 Å². The van der Waals surface area contributed by atoms with E-state index in [4.69, 9.17) is 9.72 Å². The summed E-state index contributed by atoms with van der Waals surface area (Å²) in [5, 5.41) is 11.9. The van der Waals surface area contributed by atoms with Crippen LogP contribution in [0.1, 0.15) is 51.4 Å². The van der Waals surface area contributed by atoms with Gasteiger partial charge in [0.25, 0.3) is 5.56 Å². The van der Waals surface area contributed by atoms with E-state index >= 15 is 0 Å². The van der Waals surface area contributed by atoms with E-state index in [1.54, 1.807) is 10.6 Å². The number of aliphatic hydroxyl groups is 1. The highest BCUT2D eigenvalue weighted by atomic mass is 28.3. The highest BCUT2D eigenvalue weighted by Gasteiger charge is 2.43. The molecule has 1 radical (unpaired) electrons. The number of ether oxygens (including phenoxy) is 1. The number of aryl methyl sites for hydroxylation is 3. The lowest BCUT2D eigenvalue weighted by atomic mass is 9.89. The zero-order valence-electron chi connectivity index (χ0n) is 21.6. The van der Waals surface area contributed by atoms with Crippen molar-refractivity contribution in [1.82, 2.24) is 9.55 Å². The van der Waals surface area contributed by atoms with E-state index in [1.165, 1.54) is 23.6 Å². The van der Waals surface area contributed by atoms with Gasteiger partial charge in [0.15, 0.2) is 5.60 Å². The average molecular weight is 478 g/mol. The van der Waals surface area contributed by atoms with Crippen LogP contribution in [0, 0.1) is 34.6 Å². The quantitative estimate of drug-likeness (QED) is 0.296. The van der Waals surface area contributed by atoms with Crippen LogP contribution in [0.4, 0.5) is 0 Å². The molecule has 0 fully saturated rings. The number of nitrogens with zero attached hydrogens (tertiary/aromatic N) is 2. The Hall–Kier alpha value is -2.77. The fourth-order valence-electron chi connectivity index (χ4n) is 4.97. The molecule has 0 spiro atoms. The molecule has 5 rings (SSSR count). The zero-order chi connectivity index (χ0) is 25.3. The highest BCUT2D eigenvalue weighted by molar-refractivity contribution is 6.54. The van der Waals surface area contributed by atoms with Crippen molar-refractivity contribution < 1.29 is 14.6 Å². The molecule has 1 atom stereocenters. The summed E-state index contributed by atoms with van der Waals surface area (Å²) in [5.74, 6) is -0.738. The number of rotatable bonds is 0. The third-order valence-corrected chi connectivity index (χ3v) is 7.22.